The summed E-state index contributed by atoms with van der Waals surface area (Å²) in [5.41, 5.74) is 0. The van der Waals surface area contributed by atoms with Crippen LogP contribution in [0, 0.1) is 0 Å². The first-order valence-corrected chi connectivity index (χ1v) is 6.60. The number of alkyl halides is 4. The van der Waals surface area contributed by atoms with Crippen molar-refractivity contribution in [3.8, 4) is 11.5 Å². The third-order valence-corrected chi connectivity index (χ3v) is 2.96. The Balaban J connectivity index is 2.14. The largest absolute Gasteiger partial charge is 0.507 e. The van der Waals surface area contributed by atoms with Gasteiger partial charge in [0.2, 0.25) is 0 Å². The van der Waals surface area contributed by atoms with Gasteiger partial charge in [0.25, 0.3) is 0 Å². The van der Waals surface area contributed by atoms with Gasteiger partial charge in [0.1, 0.15) is 11.5 Å². The summed E-state index contributed by atoms with van der Waals surface area (Å²) in [6, 6.07) is 9.05. The van der Waals surface area contributed by atoms with Crippen molar-refractivity contribution in [2.45, 2.75) is 12.2 Å². The maximum atomic E-state index is 13.6. The van der Waals surface area contributed by atoms with Crippen LogP contribution in [0.15, 0.2) is 48.5 Å². The fourth-order valence-electron chi connectivity index (χ4n) is 1.42. The summed E-state index contributed by atoms with van der Waals surface area (Å²) >= 11 is 11.1. The van der Waals surface area contributed by atoms with Crippen LogP contribution in [0.2, 0.25) is 10.0 Å². The van der Waals surface area contributed by atoms with Gasteiger partial charge in [-0.15, -0.1) is 0 Å². The highest BCUT2D eigenvalue weighted by Gasteiger charge is 2.63. The van der Waals surface area contributed by atoms with Gasteiger partial charge in [0, 0.05) is 10.0 Å². The van der Waals surface area contributed by atoms with E-state index < -0.39 is 23.7 Å². The van der Waals surface area contributed by atoms with E-state index in [1.807, 2.05) is 0 Å². The Hall–Kier alpha value is -1.66. The maximum absolute atomic E-state index is 13.6. The molecule has 0 aliphatic rings. The third-order valence-electron chi connectivity index (χ3n) is 2.46. The van der Waals surface area contributed by atoms with Crippen molar-refractivity contribution >= 4 is 23.2 Å². The van der Waals surface area contributed by atoms with Gasteiger partial charge in [0.15, 0.2) is 0 Å². The zero-order valence-corrected chi connectivity index (χ0v) is 12.2. The number of ether oxygens (including phenoxy) is 2. The van der Waals surface area contributed by atoms with E-state index in [4.69, 9.17) is 23.2 Å². The molecular weight excluding hydrogens is 347 g/mol. The fourth-order valence-corrected chi connectivity index (χ4v) is 1.67. The summed E-state index contributed by atoms with van der Waals surface area (Å²) in [7, 11) is 0. The van der Waals surface area contributed by atoms with Crippen LogP contribution in [-0.2, 0) is 0 Å². The lowest BCUT2D eigenvalue weighted by atomic mass is 10.3. The molecule has 2 aromatic carbocycles. The van der Waals surface area contributed by atoms with E-state index >= 15 is 0 Å². The molecule has 118 valence electrons. The highest BCUT2D eigenvalue weighted by atomic mass is 35.5. The van der Waals surface area contributed by atoms with E-state index in [9.17, 15) is 17.6 Å². The molecule has 0 N–H and O–H groups in total. The summed E-state index contributed by atoms with van der Waals surface area (Å²) in [4.78, 5) is 0. The van der Waals surface area contributed by atoms with Gasteiger partial charge in [-0.25, -0.2) is 0 Å². The van der Waals surface area contributed by atoms with E-state index in [1.54, 1.807) is 0 Å². The molecule has 0 aromatic heterocycles. The molecule has 22 heavy (non-hydrogen) atoms. The van der Waals surface area contributed by atoms with E-state index in [0.29, 0.717) is 0 Å². The van der Waals surface area contributed by atoms with Gasteiger partial charge in [0.05, 0.1) is 0 Å². The second kappa shape index (κ2) is 6.22. The highest BCUT2D eigenvalue weighted by Crippen LogP contribution is 2.38. The number of hydrogen-bond acceptors (Lipinski definition) is 2. The fraction of sp³-hybridized carbons (Fsp3) is 0.143. The van der Waals surface area contributed by atoms with Crippen molar-refractivity contribution in [3.63, 3.8) is 0 Å². The van der Waals surface area contributed by atoms with Crippen molar-refractivity contribution < 1.29 is 27.0 Å². The number of halogens is 6. The maximum Gasteiger partial charge on any atom is 0.507 e. The first kappa shape index (κ1) is 16.7. The van der Waals surface area contributed by atoms with E-state index in [0.717, 1.165) is 24.3 Å². The van der Waals surface area contributed by atoms with Gasteiger partial charge in [-0.1, -0.05) is 23.2 Å². The lowest BCUT2D eigenvalue weighted by molar-refractivity contribution is -0.379. The van der Waals surface area contributed by atoms with Crippen molar-refractivity contribution in [2.75, 3.05) is 0 Å². The molecule has 0 fully saturated rings. The number of rotatable bonds is 5. The molecule has 0 bridgehead atoms. The molecule has 8 heteroatoms. The third kappa shape index (κ3) is 3.96. The molecule has 0 radical (unpaired) electrons. The van der Waals surface area contributed by atoms with Crippen molar-refractivity contribution in [1.82, 2.24) is 0 Å². The smallest absolute Gasteiger partial charge is 0.425 e. The minimum Gasteiger partial charge on any atom is -0.425 e. The Bertz CT molecular complexity index is 573. The summed E-state index contributed by atoms with van der Waals surface area (Å²) in [5, 5.41) is 0.500. The van der Waals surface area contributed by atoms with E-state index in [-0.39, 0.29) is 10.0 Å². The predicted molar refractivity (Wildman–Crippen MR) is 74.1 cm³/mol. The van der Waals surface area contributed by atoms with Crippen LogP contribution in [0.5, 0.6) is 11.5 Å². The van der Waals surface area contributed by atoms with Crippen LogP contribution in [0.3, 0.4) is 0 Å². The van der Waals surface area contributed by atoms with Crippen molar-refractivity contribution in [2.24, 2.45) is 0 Å². The van der Waals surface area contributed by atoms with Crippen LogP contribution >= 0.6 is 23.2 Å². The van der Waals surface area contributed by atoms with Crippen LogP contribution < -0.4 is 9.47 Å². The van der Waals surface area contributed by atoms with E-state index in [2.05, 4.69) is 9.47 Å². The molecule has 0 aliphatic heterocycles. The minimum absolute atomic E-state index is 0.250. The first-order chi connectivity index (χ1) is 10.2. The zero-order chi connectivity index (χ0) is 16.4. The van der Waals surface area contributed by atoms with Gasteiger partial charge in [-0.05, 0) is 48.5 Å². The van der Waals surface area contributed by atoms with Crippen LogP contribution in [-0.4, -0.2) is 12.2 Å². The number of hydrogen-bond donors (Lipinski definition) is 0. The topological polar surface area (TPSA) is 18.5 Å². The quantitative estimate of drug-likeness (QED) is 0.647. The summed E-state index contributed by atoms with van der Waals surface area (Å²) in [6.07, 6.45) is -9.78. The normalized spacial score (nSPS) is 12.1. The standard InChI is InChI=1S/C14H8Cl2F4O2/c15-9-1-5-11(6-2-9)21-13(17,18)14(19,20)22-12-7-3-10(16)4-8-12/h1-8H. The summed E-state index contributed by atoms with van der Waals surface area (Å²) < 4.78 is 62.4. The molecule has 0 amide bonds. The Morgan fingerprint density at radius 2 is 0.864 bits per heavy atom. The molecule has 0 spiro atoms. The Kier molecular flexibility index (Phi) is 4.72. The predicted octanol–water partition coefficient (Wildman–Crippen LogP) is 5.64. The monoisotopic (exact) mass is 354 g/mol. The van der Waals surface area contributed by atoms with Gasteiger partial charge in [-0.3, -0.25) is 0 Å². The average Bonchev–Trinajstić information content (AvgIpc) is 2.43. The molecule has 2 rings (SSSR count). The van der Waals surface area contributed by atoms with Crippen LogP contribution in [0.4, 0.5) is 17.6 Å². The van der Waals surface area contributed by atoms with Crippen LogP contribution in [0.1, 0.15) is 0 Å². The Morgan fingerprint density at radius 1 is 0.591 bits per heavy atom. The van der Waals surface area contributed by atoms with Gasteiger partial charge >= 0.3 is 12.2 Å². The zero-order valence-electron chi connectivity index (χ0n) is 10.7. The highest BCUT2D eigenvalue weighted by molar-refractivity contribution is 6.30. The van der Waals surface area contributed by atoms with Crippen molar-refractivity contribution in [3.05, 3.63) is 58.6 Å². The average molecular weight is 355 g/mol. The SMILES string of the molecule is FC(F)(Oc1ccc(Cl)cc1)C(F)(F)Oc1ccc(Cl)cc1. The second-order valence-electron chi connectivity index (χ2n) is 4.15. The first-order valence-electron chi connectivity index (χ1n) is 5.84. The molecule has 0 saturated heterocycles. The molecule has 0 heterocycles. The molecule has 2 nitrogen and oxygen atoms in total. The molecular formula is C14H8Cl2F4O2. The second-order valence-corrected chi connectivity index (χ2v) is 5.02. The molecule has 0 aliphatic carbocycles. The van der Waals surface area contributed by atoms with E-state index in [1.165, 1.54) is 24.3 Å². The number of benzene rings is 2. The Labute approximate surface area is 133 Å². The Morgan fingerprint density at radius 3 is 1.14 bits per heavy atom. The van der Waals surface area contributed by atoms with Gasteiger partial charge < -0.3 is 9.47 Å². The molecule has 2 aromatic rings. The molecule has 0 atom stereocenters. The van der Waals surface area contributed by atoms with Gasteiger partial charge in [-0.2, -0.15) is 17.6 Å². The molecule has 0 saturated carbocycles. The minimum atomic E-state index is -4.89. The van der Waals surface area contributed by atoms with Crippen molar-refractivity contribution in [1.29, 1.82) is 0 Å². The lowest BCUT2D eigenvalue weighted by Crippen LogP contribution is -2.49. The van der Waals surface area contributed by atoms with Crippen LogP contribution in [0.25, 0.3) is 0 Å². The summed E-state index contributed by atoms with van der Waals surface area (Å²) in [6.45, 7) is 0. The lowest BCUT2D eigenvalue weighted by Gasteiger charge is -2.26. The molecule has 0 unspecified atom stereocenters. The summed E-state index contributed by atoms with van der Waals surface area (Å²) in [5.74, 6) is -0.956.